The molecule has 0 heterocycles. The molecular formula is C10H10FNO2. The summed E-state index contributed by atoms with van der Waals surface area (Å²) in [4.78, 5) is 0. The van der Waals surface area contributed by atoms with E-state index in [0.29, 0.717) is 11.1 Å². The quantitative estimate of drug-likeness (QED) is 0.784. The zero-order valence-electron chi connectivity index (χ0n) is 7.97. The average Bonchev–Trinajstić information content (AvgIpc) is 2.12. The number of nitriles is 1. The van der Waals surface area contributed by atoms with E-state index < -0.39 is 5.82 Å². The van der Waals surface area contributed by atoms with Crippen LogP contribution in [0.15, 0.2) is 6.07 Å². The second-order valence-corrected chi connectivity index (χ2v) is 2.87. The molecule has 14 heavy (non-hydrogen) atoms. The van der Waals surface area contributed by atoms with Crippen LogP contribution in [0.4, 0.5) is 4.39 Å². The molecule has 3 nitrogen and oxygen atoms in total. The van der Waals surface area contributed by atoms with E-state index in [1.807, 2.05) is 6.07 Å². The van der Waals surface area contributed by atoms with Gasteiger partial charge in [0.15, 0.2) is 17.3 Å². The van der Waals surface area contributed by atoms with Crippen molar-refractivity contribution in [2.24, 2.45) is 0 Å². The highest BCUT2D eigenvalue weighted by molar-refractivity contribution is 5.51. The second kappa shape index (κ2) is 3.97. The third-order valence-corrected chi connectivity index (χ3v) is 2.00. The fourth-order valence-electron chi connectivity index (χ4n) is 1.28. The number of hydrogen-bond donors (Lipinski definition) is 1. The van der Waals surface area contributed by atoms with Crippen LogP contribution in [0.5, 0.6) is 11.5 Å². The number of nitrogens with zero attached hydrogens (tertiary/aromatic N) is 1. The number of benzene rings is 1. The molecule has 74 valence electrons. The monoisotopic (exact) mass is 195 g/mol. The Bertz CT molecular complexity index is 396. The minimum Gasteiger partial charge on any atom is -0.504 e. The molecule has 1 aromatic carbocycles. The molecule has 0 saturated heterocycles. The fraction of sp³-hybridized carbons (Fsp3) is 0.300. The van der Waals surface area contributed by atoms with E-state index in [0.717, 1.165) is 0 Å². The van der Waals surface area contributed by atoms with Crippen molar-refractivity contribution < 1.29 is 14.2 Å². The molecule has 0 atom stereocenters. The summed E-state index contributed by atoms with van der Waals surface area (Å²) in [6.07, 6.45) is 0.0360. The van der Waals surface area contributed by atoms with Crippen molar-refractivity contribution in [1.82, 2.24) is 0 Å². The van der Waals surface area contributed by atoms with Crippen LogP contribution < -0.4 is 4.74 Å². The summed E-state index contributed by atoms with van der Waals surface area (Å²) in [7, 11) is 1.27. The van der Waals surface area contributed by atoms with Crippen molar-refractivity contribution in [2.75, 3.05) is 7.11 Å². The van der Waals surface area contributed by atoms with Gasteiger partial charge in [-0.15, -0.1) is 0 Å². The molecule has 0 amide bonds. The highest BCUT2D eigenvalue weighted by Crippen LogP contribution is 2.35. The van der Waals surface area contributed by atoms with Gasteiger partial charge >= 0.3 is 0 Å². The van der Waals surface area contributed by atoms with E-state index in [1.165, 1.54) is 13.2 Å². The van der Waals surface area contributed by atoms with Gasteiger partial charge in [0.2, 0.25) is 0 Å². The maximum Gasteiger partial charge on any atom is 0.196 e. The van der Waals surface area contributed by atoms with E-state index >= 15 is 0 Å². The van der Waals surface area contributed by atoms with Gasteiger partial charge in [-0.2, -0.15) is 5.26 Å². The Morgan fingerprint density at radius 3 is 2.79 bits per heavy atom. The van der Waals surface area contributed by atoms with Crippen molar-refractivity contribution in [3.05, 3.63) is 23.0 Å². The van der Waals surface area contributed by atoms with E-state index in [9.17, 15) is 9.50 Å². The molecule has 0 bridgehead atoms. The van der Waals surface area contributed by atoms with Crippen LogP contribution in [0.1, 0.15) is 11.1 Å². The lowest BCUT2D eigenvalue weighted by atomic mass is 10.0. The zero-order valence-corrected chi connectivity index (χ0v) is 7.97. The summed E-state index contributed by atoms with van der Waals surface area (Å²) in [5.41, 5.74) is 0.952. The third kappa shape index (κ3) is 1.62. The standard InChI is InChI=1S/C10H10FNO2/c1-6-5-8(11)10(14-2)9(13)7(6)3-4-12/h5,13H,3H2,1-2H3. The largest absolute Gasteiger partial charge is 0.504 e. The number of phenolic OH excluding ortho intramolecular Hbond substituents is 1. The zero-order chi connectivity index (χ0) is 10.7. The fourth-order valence-corrected chi connectivity index (χ4v) is 1.28. The molecule has 0 saturated carbocycles. The number of halogens is 1. The Kier molecular flexibility index (Phi) is 2.92. The Morgan fingerprint density at radius 2 is 2.29 bits per heavy atom. The number of aryl methyl sites for hydroxylation is 1. The normalized spacial score (nSPS) is 9.57. The van der Waals surface area contributed by atoms with Gasteiger partial charge in [0, 0.05) is 5.56 Å². The van der Waals surface area contributed by atoms with Crippen molar-refractivity contribution >= 4 is 0 Å². The predicted octanol–water partition coefficient (Wildman–Crippen LogP) is 1.91. The first-order valence-electron chi connectivity index (χ1n) is 4.03. The number of phenols is 1. The summed E-state index contributed by atoms with van der Waals surface area (Å²) in [6, 6.07) is 3.14. The average molecular weight is 195 g/mol. The van der Waals surface area contributed by atoms with Crippen molar-refractivity contribution in [3.8, 4) is 17.6 Å². The number of hydrogen-bond acceptors (Lipinski definition) is 3. The molecule has 0 radical (unpaired) electrons. The van der Waals surface area contributed by atoms with E-state index in [-0.39, 0.29) is 17.9 Å². The first-order chi connectivity index (χ1) is 6.61. The molecule has 0 aliphatic carbocycles. The molecular weight excluding hydrogens is 185 g/mol. The third-order valence-electron chi connectivity index (χ3n) is 2.00. The van der Waals surface area contributed by atoms with Crippen molar-refractivity contribution in [3.63, 3.8) is 0 Å². The predicted molar refractivity (Wildman–Crippen MR) is 48.7 cm³/mol. The molecule has 0 spiro atoms. The van der Waals surface area contributed by atoms with Gasteiger partial charge in [0.1, 0.15) is 0 Å². The van der Waals surface area contributed by atoms with Crippen LogP contribution in [-0.4, -0.2) is 12.2 Å². The number of aromatic hydroxyl groups is 1. The van der Waals surface area contributed by atoms with Crippen molar-refractivity contribution in [2.45, 2.75) is 13.3 Å². The summed E-state index contributed by atoms with van der Waals surface area (Å²) >= 11 is 0. The van der Waals surface area contributed by atoms with Gasteiger partial charge in [-0.05, 0) is 18.6 Å². The van der Waals surface area contributed by atoms with Gasteiger partial charge < -0.3 is 9.84 Å². The lowest BCUT2D eigenvalue weighted by Gasteiger charge is -2.10. The SMILES string of the molecule is COc1c(F)cc(C)c(CC#N)c1O. The lowest BCUT2D eigenvalue weighted by Crippen LogP contribution is -1.96. The summed E-state index contributed by atoms with van der Waals surface area (Å²) in [5.74, 6) is -1.11. The van der Waals surface area contributed by atoms with Gasteiger partial charge in [-0.25, -0.2) is 4.39 Å². The first kappa shape index (κ1) is 10.3. The molecule has 0 aromatic heterocycles. The van der Waals surface area contributed by atoms with Crippen molar-refractivity contribution in [1.29, 1.82) is 5.26 Å². The highest BCUT2D eigenvalue weighted by atomic mass is 19.1. The van der Waals surface area contributed by atoms with E-state index in [2.05, 4.69) is 4.74 Å². The Morgan fingerprint density at radius 1 is 1.64 bits per heavy atom. The summed E-state index contributed by atoms with van der Waals surface area (Å²) in [5, 5.41) is 18.1. The van der Waals surface area contributed by atoms with E-state index in [4.69, 9.17) is 5.26 Å². The van der Waals surface area contributed by atoms with Gasteiger partial charge in [0.05, 0.1) is 19.6 Å². The van der Waals surface area contributed by atoms with Crippen LogP contribution in [0, 0.1) is 24.1 Å². The molecule has 0 aliphatic rings. The topological polar surface area (TPSA) is 53.2 Å². The minimum atomic E-state index is -0.621. The van der Waals surface area contributed by atoms with E-state index in [1.54, 1.807) is 6.92 Å². The van der Waals surface area contributed by atoms with Gasteiger partial charge in [-0.1, -0.05) is 0 Å². The van der Waals surface area contributed by atoms with Crippen LogP contribution >= 0.6 is 0 Å². The second-order valence-electron chi connectivity index (χ2n) is 2.87. The first-order valence-corrected chi connectivity index (χ1v) is 4.03. The summed E-state index contributed by atoms with van der Waals surface area (Å²) in [6.45, 7) is 1.63. The summed E-state index contributed by atoms with van der Waals surface area (Å²) < 4.78 is 17.8. The van der Waals surface area contributed by atoms with Gasteiger partial charge in [0.25, 0.3) is 0 Å². The Hall–Kier alpha value is -1.76. The highest BCUT2D eigenvalue weighted by Gasteiger charge is 2.15. The molecule has 0 unspecified atom stereocenters. The van der Waals surface area contributed by atoms with Crippen LogP contribution in [0.3, 0.4) is 0 Å². The molecule has 1 aromatic rings. The van der Waals surface area contributed by atoms with Crippen LogP contribution in [0.25, 0.3) is 0 Å². The molecule has 1 N–H and O–H groups in total. The minimum absolute atomic E-state index is 0.0360. The molecule has 0 fully saturated rings. The number of methoxy groups -OCH3 is 1. The maximum atomic E-state index is 13.2. The van der Waals surface area contributed by atoms with Crippen LogP contribution in [0.2, 0.25) is 0 Å². The Labute approximate surface area is 81.4 Å². The Balaban J connectivity index is 3.37. The molecule has 0 aliphatic heterocycles. The molecule has 1 rings (SSSR count). The van der Waals surface area contributed by atoms with Gasteiger partial charge in [-0.3, -0.25) is 0 Å². The maximum absolute atomic E-state index is 13.2. The number of rotatable bonds is 2. The lowest BCUT2D eigenvalue weighted by molar-refractivity contribution is 0.349. The molecule has 4 heteroatoms. The van der Waals surface area contributed by atoms with Crippen LogP contribution in [-0.2, 0) is 6.42 Å². The smallest absolute Gasteiger partial charge is 0.196 e. The number of ether oxygens (including phenoxy) is 1.